The predicted molar refractivity (Wildman–Crippen MR) is 53.6 cm³/mol. The molecule has 4 heteroatoms. The second-order valence-electron chi connectivity index (χ2n) is 2.65. The molecule has 0 aliphatic carbocycles. The Morgan fingerprint density at radius 1 is 1.31 bits per heavy atom. The summed E-state index contributed by atoms with van der Waals surface area (Å²) in [5.74, 6) is 0. The van der Waals surface area contributed by atoms with Crippen LogP contribution < -0.4 is 16.2 Å². The number of carbonyl (C=O) groups excluding carboxylic acids is 1. The first-order valence-electron chi connectivity index (χ1n) is 3.80. The number of benzene rings is 1. The number of nitrogens with zero attached hydrogens (tertiary/aromatic N) is 1. The highest BCUT2D eigenvalue weighted by atomic mass is 32.2. The van der Waals surface area contributed by atoms with Crippen molar-refractivity contribution in [3.63, 3.8) is 0 Å². The van der Waals surface area contributed by atoms with Gasteiger partial charge >= 0.3 is 6.03 Å². The van der Waals surface area contributed by atoms with E-state index < -0.39 is 6.03 Å². The zero-order valence-electron chi connectivity index (χ0n) is 6.81. The highest BCUT2D eigenvalue weighted by Gasteiger charge is 2.07. The smallest absolute Gasteiger partial charge is 0.329 e. The second kappa shape index (κ2) is 3.14. The molecule has 13 heavy (non-hydrogen) atoms. The summed E-state index contributed by atoms with van der Waals surface area (Å²) in [4.78, 5) is 10.8. The van der Waals surface area contributed by atoms with Crippen molar-refractivity contribution in [1.29, 1.82) is 0 Å². The van der Waals surface area contributed by atoms with Crippen LogP contribution in [-0.4, -0.2) is 10.3 Å². The van der Waals surface area contributed by atoms with Gasteiger partial charge in [0.05, 0.1) is 0 Å². The molecule has 0 spiro atoms. The lowest BCUT2D eigenvalue weighted by Gasteiger charge is -2.14. The molecule has 0 unspecified atom stereocenters. The molecule has 0 aromatic heterocycles. The minimum Gasteiger partial charge on any atom is -0.350 e. The van der Waals surface area contributed by atoms with Gasteiger partial charge < -0.3 is 5.73 Å². The van der Waals surface area contributed by atoms with Crippen LogP contribution in [0, 0.1) is 0 Å². The van der Waals surface area contributed by atoms with Crippen molar-refractivity contribution in [3.8, 4) is 0 Å². The van der Waals surface area contributed by atoms with Crippen molar-refractivity contribution in [2.75, 3.05) is 0 Å². The third-order valence-corrected chi connectivity index (χ3v) is 2.63. The van der Waals surface area contributed by atoms with Crippen molar-refractivity contribution in [1.82, 2.24) is 4.31 Å². The van der Waals surface area contributed by atoms with E-state index in [9.17, 15) is 4.79 Å². The van der Waals surface area contributed by atoms with Crippen molar-refractivity contribution in [2.24, 2.45) is 5.73 Å². The van der Waals surface area contributed by atoms with Crippen LogP contribution in [0.15, 0.2) is 24.3 Å². The van der Waals surface area contributed by atoms with Crippen molar-refractivity contribution in [3.05, 3.63) is 34.7 Å². The lowest BCUT2D eigenvalue weighted by molar-refractivity contribution is 0.244. The summed E-state index contributed by atoms with van der Waals surface area (Å²) in [5, 5.41) is 4.03. The van der Waals surface area contributed by atoms with E-state index in [2.05, 4.69) is 0 Å². The first-order valence-corrected chi connectivity index (χ1v) is 4.63. The molecule has 1 heterocycles. The second-order valence-corrected chi connectivity index (χ2v) is 3.49. The molecule has 0 atom stereocenters. The van der Waals surface area contributed by atoms with Gasteiger partial charge in [0.1, 0.15) is 0 Å². The minimum absolute atomic E-state index is 0.448. The van der Waals surface area contributed by atoms with Gasteiger partial charge in [-0.3, -0.25) is 0 Å². The highest BCUT2D eigenvalue weighted by Crippen LogP contribution is 2.12. The van der Waals surface area contributed by atoms with E-state index in [0.29, 0.717) is 0 Å². The van der Waals surface area contributed by atoms with Crippen LogP contribution in [-0.2, 0) is 0 Å². The maximum absolute atomic E-state index is 10.8. The van der Waals surface area contributed by atoms with Gasteiger partial charge in [-0.2, -0.15) is 0 Å². The van der Waals surface area contributed by atoms with Crippen LogP contribution in [0.2, 0.25) is 0 Å². The van der Waals surface area contributed by atoms with E-state index in [1.807, 2.05) is 29.7 Å². The summed E-state index contributed by atoms with van der Waals surface area (Å²) < 4.78 is 1.41. The summed E-state index contributed by atoms with van der Waals surface area (Å²) >= 11 is 1.29. The number of rotatable bonds is 0. The lowest BCUT2D eigenvalue weighted by atomic mass is 10.2. The fourth-order valence-electron chi connectivity index (χ4n) is 1.12. The Hall–Kier alpha value is -1.42. The van der Waals surface area contributed by atoms with Gasteiger partial charge in [0.25, 0.3) is 0 Å². The number of urea groups is 1. The maximum atomic E-state index is 10.8. The molecule has 0 saturated carbocycles. The Labute approximate surface area is 79.7 Å². The van der Waals surface area contributed by atoms with Crippen LogP contribution in [0.3, 0.4) is 0 Å². The molecule has 0 radical (unpaired) electrons. The Morgan fingerprint density at radius 2 is 2.00 bits per heavy atom. The van der Waals surface area contributed by atoms with Crippen molar-refractivity contribution < 1.29 is 4.79 Å². The molecule has 1 aromatic carbocycles. The molecular weight excluding hydrogens is 184 g/mol. The molecule has 0 bridgehead atoms. The molecule has 0 saturated heterocycles. The Bertz CT molecular complexity index is 455. The largest absolute Gasteiger partial charge is 0.350 e. The lowest BCUT2D eigenvalue weighted by Crippen LogP contribution is -2.34. The number of hydrogen-bond donors (Lipinski definition) is 1. The van der Waals surface area contributed by atoms with Gasteiger partial charge in [-0.15, -0.1) is 0 Å². The molecule has 1 aromatic rings. The average Bonchev–Trinajstić information content (AvgIpc) is 2.17. The van der Waals surface area contributed by atoms with Gasteiger partial charge in [-0.1, -0.05) is 24.3 Å². The fourth-order valence-corrected chi connectivity index (χ4v) is 1.84. The summed E-state index contributed by atoms with van der Waals surface area (Å²) in [6, 6.07) is 7.39. The standard InChI is InChI=1S/C9H8N2OS/c10-9(12)11-5-7-3-1-2-4-8(7)6-13-11/h1-6H,(H2,10,12). The third kappa shape index (κ3) is 1.53. The Morgan fingerprint density at radius 3 is 2.69 bits per heavy atom. The molecule has 66 valence electrons. The Balaban J connectivity index is 2.55. The van der Waals surface area contributed by atoms with E-state index in [-0.39, 0.29) is 0 Å². The molecular formula is C9H8N2OS. The summed E-state index contributed by atoms with van der Waals surface area (Å²) in [5.41, 5.74) is 5.14. The molecule has 1 aliphatic heterocycles. The molecule has 0 fully saturated rings. The normalized spacial score (nSPS) is 14.0. The quantitative estimate of drug-likeness (QED) is 0.597. The van der Waals surface area contributed by atoms with Gasteiger partial charge in [-0.05, 0) is 22.4 Å². The molecule has 1 aliphatic rings. The van der Waals surface area contributed by atoms with E-state index in [0.717, 1.165) is 10.4 Å². The van der Waals surface area contributed by atoms with Crippen LogP contribution in [0.1, 0.15) is 0 Å². The molecule has 2 N–H and O–H groups in total. The third-order valence-electron chi connectivity index (χ3n) is 1.76. The maximum Gasteiger partial charge on any atom is 0.329 e. The number of primary amides is 1. The zero-order valence-corrected chi connectivity index (χ0v) is 7.62. The zero-order chi connectivity index (χ0) is 9.26. The predicted octanol–water partition coefficient (Wildman–Crippen LogP) is 0.205. The molecule has 2 amide bonds. The van der Waals surface area contributed by atoms with E-state index in [1.54, 1.807) is 6.20 Å². The van der Waals surface area contributed by atoms with Crippen LogP contribution in [0.5, 0.6) is 0 Å². The van der Waals surface area contributed by atoms with Crippen LogP contribution in [0.25, 0.3) is 11.6 Å². The Kier molecular flexibility index (Phi) is 1.98. The van der Waals surface area contributed by atoms with Gasteiger partial charge in [0, 0.05) is 11.6 Å². The van der Waals surface area contributed by atoms with Gasteiger partial charge in [0.15, 0.2) is 0 Å². The summed E-state index contributed by atoms with van der Waals surface area (Å²) in [6.45, 7) is 0. The number of fused-ring (bicyclic) bond motifs is 1. The van der Waals surface area contributed by atoms with Crippen LogP contribution in [0.4, 0.5) is 4.79 Å². The average molecular weight is 192 g/mol. The van der Waals surface area contributed by atoms with E-state index in [1.165, 1.54) is 16.3 Å². The number of nitrogens with two attached hydrogens (primary N) is 1. The van der Waals surface area contributed by atoms with Gasteiger partial charge in [0.2, 0.25) is 0 Å². The highest BCUT2D eigenvalue weighted by molar-refractivity contribution is 8.05. The first-order chi connectivity index (χ1) is 6.27. The topological polar surface area (TPSA) is 46.3 Å². The van der Waals surface area contributed by atoms with Crippen LogP contribution >= 0.6 is 11.9 Å². The van der Waals surface area contributed by atoms with E-state index >= 15 is 0 Å². The van der Waals surface area contributed by atoms with E-state index in [4.69, 9.17) is 5.73 Å². The fraction of sp³-hybridized carbons (Fsp3) is 0. The SMILES string of the molecule is NC(=O)N1C=c2ccccc2=CS1. The minimum atomic E-state index is -0.448. The molecule has 2 rings (SSSR count). The van der Waals surface area contributed by atoms with Crippen molar-refractivity contribution >= 4 is 29.6 Å². The monoisotopic (exact) mass is 192 g/mol. The molecule has 3 nitrogen and oxygen atoms in total. The first kappa shape index (κ1) is 8.19. The summed E-state index contributed by atoms with van der Waals surface area (Å²) in [7, 11) is 0. The number of amides is 2. The number of hydrogen-bond acceptors (Lipinski definition) is 2. The van der Waals surface area contributed by atoms with Crippen molar-refractivity contribution in [2.45, 2.75) is 0 Å². The van der Waals surface area contributed by atoms with Gasteiger partial charge in [-0.25, -0.2) is 9.10 Å². The number of carbonyl (C=O) groups is 1. The summed E-state index contributed by atoms with van der Waals surface area (Å²) in [6.07, 6.45) is 1.74.